The van der Waals surface area contributed by atoms with Gasteiger partial charge in [-0.3, -0.25) is 9.59 Å². The Balaban J connectivity index is 2.40. The molecule has 0 unspecified atom stereocenters. The number of unbranched alkanes of at least 4 members (excludes halogenated alkanes) is 2. The molecule has 0 aromatic rings. The van der Waals surface area contributed by atoms with Crippen LogP contribution >= 0.6 is 0 Å². The molecule has 20 heavy (non-hydrogen) atoms. The van der Waals surface area contributed by atoms with E-state index in [0.717, 1.165) is 19.1 Å². The van der Waals surface area contributed by atoms with Crippen molar-refractivity contribution in [1.29, 1.82) is 0 Å². The van der Waals surface area contributed by atoms with Gasteiger partial charge in [-0.2, -0.15) is 0 Å². The molecular weight excluding hydrogens is 282 g/mol. The number of carbonyl (C=O) groups is 2. The maximum atomic E-state index is 12.2. The summed E-state index contributed by atoms with van der Waals surface area (Å²) in [6.45, 7) is 0.399. The highest BCUT2D eigenvalue weighted by Gasteiger charge is 2.49. The lowest BCUT2D eigenvalue weighted by molar-refractivity contribution is -0.137. The van der Waals surface area contributed by atoms with Gasteiger partial charge >= 0.3 is 5.97 Å². The first-order valence-corrected chi connectivity index (χ1v) is 8.88. The lowest BCUT2D eigenvalue weighted by Crippen LogP contribution is -2.50. The Kier molecular flexibility index (Phi) is 5.98. The van der Waals surface area contributed by atoms with Crippen LogP contribution in [0.25, 0.3) is 0 Å². The van der Waals surface area contributed by atoms with Crippen LogP contribution in [0.5, 0.6) is 0 Å². The maximum Gasteiger partial charge on any atom is 0.303 e. The zero-order chi connectivity index (χ0) is 15.2. The van der Waals surface area contributed by atoms with E-state index in [1.165, 1.54) is 0 Å². The van der Waals surface area contributed by atoms with Crippen molar-refractivity contribution < 1.29 is 23.1 Å². The maximum absolute atomic E-state index is 12.2. The molecule has 1 rings (SSSR count). The second-order valence-electron chi connectivity index (χ2n) is 5.43. The smallest absolute Gasteiger partial charge is 0.303 e. The lowest BCUT2D eigenvalue weighted by atomic mass is 10.1. The summed E-state index contributed by atoms with van der Waals surface area (Å²) in [5.41, 5.74) is 0. The van der Waals surface area contributed by atoms with Crippen LogP contribution in [0.15, 0.2) is 0 Å². The highest BCUT2D eigenvalue weighted by molar-refractivity contribution is 7.92. The third kappa shape index (κ3) is 4.19. The van der Waals surface area contributed by atoms with Crippen molar-refractivity contribution in [2.75, 3.05) is 12.8 Å². The largest absolute Gasteiger partial charge is 0.481 e. The molecule has 2 N–H and O–H groups in total. The molecule has 1 fully saturated rings. The topological polar surface area (TPSA) is 101 Å². The molecule has 116 valence electrons. The Hall–Kier alpha value is -1.11. The number of nitrogens with one attached hydrogen (secondary N) is 1. The molecule has 0 aromatic carbocycles. The minimum Gasteiger partial charge on any atom is -0.481 e. The Bertz CT molecular complexity index is 451. The third-order valence-electron chi connectivity index (χ3n) is 3.89. The molecule has 7 heteroatoms. The van der Waals surface area contributed by atoms with Crippen LogP contribution < -0.4 is 5.32 Å². The van der Waals surface area contributed by atoms with Crippen LogP contribution in [-0.2, 0) is 19.4 Å². The Labute approximate surface area is 119 Å². The molecule has 0 aromatic heterocycles. The molecule has 1 aliphatic rings. The second-order valence-corrected chi connectivity index (χ2v) is 7.76. The quantitative estimate of drug-likeness (QED) is 0.654. The Morgan fingerprint density at radius 2 is 1.75 bits per heavy atom. The summed E-state index contributed by atoms with van der Waals surface area (Å²) in [5.74, 6) is -1.22. The number of carbonyl (C=O) groups excluding carboxylic acids is 1. The number of rotatable bonds is 8. The van der Waals surface area contributed by atoms with Gasteiger partial charge < -0.3 is 10.4 Å². The van der Waals surface area contributed by atoms with Gasteiger partial charge in [0.05, 0.1) is 0 Å². The van der Waals surface area contributed by atoms with Crippen LogP contribution in [0.2, 0.25) is 0 Å². The first-order chi connectivity index (χ1) is 9.29. The molecule has 1 saturated carbocycles. The fourth-order valence-corrected chi connectivity index (χ4v) is 4.09. The van der Waals surface area contributed by atoms with Crippen LogP contribution in [-0.4, -0.2) is 42.9 Å². The van der Waals surface area contributed by atoms with Gasteiger partial charge in [0, 0.05) is 19.2 Å². The van der Waals surface area contributed by atoms with Gasteiger partial charge in [0.2, 0.25) is 5.91 Å². The third-order valence-corrected chi connectivity index (χ3v) is 5.90. The highest BCUT2D eigenvalue weighted by atomic mass is 32.2. The van der Waals surface area contributed by atoms with Gasteiger partial charge in [0.15, 0.2) is 9.84 Å². The summed E-state index contributed by atoms with van der Waals surface area (Å²) in [7, 11) is -3.41. The normalized spacial score (nSPS) is 17.9. The molecule has 0 bridgehead atoms. The van der Waals surface area contributed by atoms with Crippen LogP contribution in [0.3, 0.4) is 0 Å². The molecule has 1 aliphatic carbocycles. The lowest BCUT2D eigenvalue weighted by Gasteiger charge is -2.25. The number of amides is 1. The summed E-state index contributed by atoms with van der Waals surface area (Å²) in [4.78, 5) is 22.5. The number of hydrogen-bond acceptors (Lipinski definition) is 4. The van der Waals surface area contributed by atoms with Gasteiger partial charge in [-0.05, 0) is 25.7 Å². The molecule has 0 heterocycles. The number of aliphatic carboxylic acids is 1. The van der Waals surface area contributed by atoms with Crippen molar-refractivity contribution in [3.63, 3.8) is 0 Å². The number of carboxylic acids is 1. The minimum absolute atomic E-state index is 0.126. The van der Waals surface area contributed by atoms with Gasteiger partial charge in [-0.15, -0.1) is 0 Å². The zero-order valence-corrected chi connectivity index (χ0v) is 12.7. The van der Waals surface area contributed by atoms with E-state index in [4.69, 9.17) is 5.11 Å². The molecule has 0 spiro atoms. The average Bonchev–Trinajstić information content (AvgIpc) is 2.82. The summed E-state index contributed by atoms with van der Waals surface area (Å²) < 4.78 is 22.5. The van der Waals surface area contributed by atoms with Crippen LogP contribution in [0.1, 0.15) is 51.4 Å². The zero-order valence-electron chi connectivity index (χ0n) is 11.9. The molecule has 1 amide bonds. The van der Waals surface area contributed by atoms with Crippen molar-refractivity contribution in [3.8, 4) is 0 Å². The number of sulfone groups is 1. The molecule has 0 atom stereocenters. The van der Waals surface area contributed by atoms with E-state index in [0.29, 0.717) is 38.6 Å². The van der Waals surface area contributed by atoms with Crippen molar-refractivity contribution in [1.82, 2.24) is 5.32 Å². The number of carboxylic acid groups (broad SMARTS) is 1. The molecule has 0 saturated heterocycles. The standard InChI is InChI=1S/C13H23NO5S/c1-20(18,19)13(8-4-5-9-13)12(17)14-10-6-2-3-7-11(15)16/h2-10H2,1H3,(H,14,17)(H,15,16). The van der Waals surface area contributed by atoms with E-state index < -0.39 is 26.5 Å². The van der Waals surface area contributed by atoms with E-state index in [1.807, 2.05) is 0 Å². The monoisotopic (exact) mass is 305 g/mol. The van der Waals surface area contributed by atoms with E-state index in [2.05, 4.69) is 5.32 Å². The van der Waals surface area contributed by atoms with Crippen molar-refractivity contribution in [3.05, 3.63) is 0 Å². The highest BCUT2D eigenvalue weighted by Crippen LogP contribution is 2.36. The van der Waals surface area contributed by atoms with E-state index in [9.17, 15) is 18.0 Å². The van der Waals surface area contributed by atoms with Gasteiger partial charge in [0.25, 0.3) is 0 Å². The molecular formula is C13H23NO5S. The first kappa shape index (κ1) is 16.9. The van der Waals surface area contributed by atoms with Gasteiger partial charge in [-0.25, -0.2) is 8.42 Å². The summed E-state index contributed by atoms with van der Waals surface area (Å²) in [6.07, 6.45) is 5.53. The van der Waals surface area contributed by atoms with Crippen LogP contribution in [0.4, 0.5) is 0 Å². The number of hydrogen-bond donors (Lipinski definition) is 2. The fourth-order valence-electron chi connectivity index (χ4n) is 2.65. The Morgan fingerprint density at radius 3 is 2.25 bits per heavy atom. The minimum atomic E-state index is -3.41. The molecule has 6 nitrogen and oxygen atoms in total. The van der Waals surface area contributed by atoms with Crippen molar-refractivity contribution >= 4 is 21.7 Å². The van der Waals surface area contributed by atoms with E-state index in [1.54, 1.807) is 0 Å². The molecule has 0 radical (unpaired) electrons. The summed E-state index contributed by atoms with van der Waals surface area (Å²) in [6, 6.07) is 0. The fraction of sp³-hybridized carbons (Fsp3) is 0.846. The van der Waals surface area contributed by atoms with Crippen molar-refractivity contribution in [2.24, 2.45) is 0 Å². The van der Waals surface area contributed by atoms with Crippen molar-refractivity contribution in [2.45, 2.75) is 56.1 Å². The predicted molar refractivity (Wildman–Crippen MR) is 75.2 cm³/mol. The summed E-state index contributed by atoms with van der Waals surface area (Å²) in [5, 5.41) is 11.2. The van der Waals surface area contributed by atoms with Gasteiger partial charge in [-0.1, -0.05) is 19.3 Å². The summed E-state index contributed by atoms with van der Waals surface area (Å²) >= 11 is 0. The average molecular weight is 305 g/mol. The van der Waals surface area contributed by atoms with Crippen LogP contribution in [0, 0.1) is 0 Å². The van der Waals surface area contributed by atoms with Gasteiger partial charge in [0.1, 0.15) is 4.75 Å². The SMILES string of the molecule is CS(=O)(=O)C1(C(=O)NCCCCCC(=O)O)CCCC1. The van der Waals surface area contributed by atoms with E-state index in [-0.39, 0.29) is 6.42 Å². The Morgan fingerprint density at radius 1 is 1.15 bits per heavy atom. The molecule has 0 aliphatic heterocycles. The first-order valence-electron chi connectivity index (χ1n) is 6.99. The second kappa shape index (κ2) is 7.06. The van der Waals surface area contributed by atoms with E-state index >= 15 is 0 Å². The predicted octanol–water partition coefficient (Wildman–Crippen LogP) is 1.10.